The number of aromatic nitrogens is 1. The van der Waals surface area contributed by atoms with Gasteiger partial charge >= 0.3 is 0 Å². The molecule has 3 heterocycles. The largest absolute Gasteiger partial charge is 0.491 e. The van der Waals surface area contributed by atoms with E-state index in [0.717, 1.165) is 18.8 Å². The Morgan fingerprint density at radius 3 is 2.33 bits per heavy atom. The van der Waals surface area contributed by atoms with Gasteiger partial charge in [-0.1, -0.05) is 59.7 Å². The van der Waals surface area contributed by atoms with Gasteiger partial charge in [-0.3, -0.25) is 9.78 Å². The highest BCUT2D eigenvalue weighted by molar-refractivity contribution is 5.94. The first kappa shape index (κ1) is 25.8. The average Bonchev–Trinajstić information content (AvgIpc) is 2.87. The first-order valence-electron chi connectivity index (χ1n) is 13.9. The van der Waals surface area contributed by atoms with E-state index in [1.165, 1.54) is 48.2 Å². The van der Waals surface area contributed by atoms with Gasteiger partial charge in [-0.2, -0.15) is 0 Å². The Hall–Kier alpha value is -3.48. The first-order chi connectivity index (χ1) is 18.9. The van der Waals surface area contributed by atoms with Crippen LogP contribution in [0, 0.1) is 18.3 Å². The zero-order valence-electron chi connectivity index (χ0n) is 23.1. The van der Waals surface area contributed by atoms with E-state index in [2.05, 4.69) is 77.7 Å². The Morgan fingerprint density at radius 1 is 1.05 bits per heavy atom. The number of allylic oxidation sites excluding steroid dienone is 1. The molecule has 2 aromatic carbocycles. The summed E-state index contributed by atoms with van der Waals surface area (Å²) in [5.74, 6) is 0.858. The molecule has 2 aliphatic heterocycles. The highest BCUT2D eigenvalue weighted by Gasteiger charge is 2.49. The van der Waals surface area contributed by atoms with Crippen LogP contribution in [0.5, 0.6) is 5.75 Å². The van der Waals surface area contributed by atoms with Crippen molar-refractivity contribution in [2.45, 2.75) is 32.7 Å². The maximum atomic E-state index is 13.0. The molecule has 6 heteroatoms. The van der Waals surface area contributed by atoms with E-state index in [4.69, 9.17) is 9.47 Å². The summed E-state index contributed by atoms with van der Waals surface area (Å²) in [6, 6.07) is 19.2. The third-order valence-corrected chi connectivity index (χ3v) is 8.30. The van der Waals surface area contributed by atoms with Gasteiger partial charge in [0.05, 0.1) is 37.6 Å². The van der Waals surface area contributed by atoms with Crippen LogP contribution < -0.4 is 10.1 Å². The van der Waals surface area contributed by atoms with Crippen molar-refractivity contribution in [1.29, 1.82) is 0 Å². The van der Waals surface area contributed by atoms with Crippen molar-refractivity contribution in [3.05, 3.63) is 100 Å². The van der Waals surface area contributed by atoms with Gasteiger partial charge < -0.3 is 19.7 Å². The Balaban J connectivity index is 1.15. The van der Waals surface area contributed by atoms with Crippen LogP contribution in [0.2, 0.25) is 0 Å². The third-order valence-electron chi connectivity index (χ3n) is 8.30. The molecule has 1 spiro atoms. The average molecular weight is 524 g/mol. The van der Waals surface area contributed by atoms with Gasteiger partial charge in [-0.05, 0) is 62.1 Å². The number of pyridine rings is 1. The van der Waals surface area contributed by atoms with Crippen molar-refractivity contribution in [2.24, 2.45) is 11.3 Å². The molecule has 1 amide bonds. The minimum absolute atomic E-state index is 0.142. The molecule has 2 saturated heterocycles. The van der Waals surface area contributed by atoms with E-state index in [1.54, 1.807) is 24.0 Å². The maximum absolute atomic E-state index is 13.0. The van der Waals surface area contributed by atoms with Crippen LogP contribution >= 0.6 is 0 Å². The molecule has 0 unspecified atom stereocenters. The second kappa shape index (κ2) is 10.6. The normalized spacial score (nSPS) is 19.0. The zero-order valence-corrected chi connectivity index (χ0v) is 23.1. The molecular weight excluding hydrogens is 486 g/mol. The molecule has 1 N–H and O–H groups in total. The molecule has 1 saturated carbocycles. The van der Waals surface area contributed by atoms with Gasteiger partial charge in [0.1, 0.15) is 5.75 Å². The number of nitrogens with zero attached hydrogens (tertiary/aromatic N) is 2. The molecule has 0 bridgehead atoms. The number of ether oxygens (including phenoxy) is 2. The number of likely N-dealkylation sites (tertiary alicyclic amines) is 1. The number of carbonyl (C=O) groups is 1. The summed E-state index contributed by atoms with van der Waals surface area (Å²) in [6.07, 6.45) is 5.58. The lowest BCUT2D eigenvalue weighted by Gasteiger charge is -2.56. The third kappa shape index (κ3) is 5.49. The van der Waals surface area contributed by atoms with Crippen LogP contribution in [0.3, 0.4) is 0 Å². The zero-order chi connectivity index (χ0) is 27.0. The second-order valence-corrected chi connectivity index (χ2v) is 11.8. The number of aryl methyl sites for hydroxylation is 1. The standard InChI is InChI=1S/C33H37N3O3/c1-22-4-6-26(7-5-22)31(29-13-33(14-29)20-36(3)21-33)27-10-8-25(9-11-27)23(2)35-32(37)28-12-30(16-34-15-28)39-19-24-17-38-18-24/h4-12,15-16,23-24H,13-14,17-21H2,1-3H3,(H,35,37)/t23-/m1/s1. The Bertz CT molecular complexity index is 1360. The number of benzene rings is 2. The van der Waals surface area contributed by atoms with Crippen LogP contribution in [0.15, 0.2) is 72.6 Å². The van der Waals surface area contributed by atoms with E-state index >= 15 is 0 Å². The van der Waals surface area contributed by atoms with Crippen molar-refractivity contribution in [2.75, 3.05) is 40.0 Å². The van der Waals surface area contributed by atoms with Gasteiger partial charge in [-0.15, -0.1) is 0 Å². The molecule has 6 rings (SSSR count). The summed E-state index contributed by atoms with van der Waals surface area (Å²) in [6.45, 7) is 8.58. The summed E-state index contributed by atoms with van der Waals surface area (Å²) < 4.78 is 11.0. The van der Waals surface area contributed by atoms with E-state index in [9.17, 15) is 4.79 Å². The van der Waals surface area contributed by atoms with Gasteiger partial charge in [-0.25, -0.2) is 0 Å². The van der Waals surface area contributed by atoms with Crippen molar-refractivity contribution in [1.82, 2.24) is 15.2 Å². The fourth-order valence-electron chi connectivity index (χ4n) is 6.17. The molecule has 0 radical (unpaired) electrons. The van der Waals surface area contributed by atoms with E-state index in [-0.39, 0.29) is 11.9 Å². The number of rotatable bonds is 8. The lowest BCUT2D eigenvalue weighted by molar-refractivity contribution is -0.0509. The summed E-state index contributed by atoms with van der Waals surface area (Å²) >= 11 is 0. The summed E-state index contributed by atoms with van der Waals surface area (Å²) in [4.78, 5) is 19.6. The Morgan fingerprint density at radius 2 is 1.72 bits per heavy atom. The number of carbonyl (C=O) groups excluding carboxylic acids is 1. The van der Waals surface area contributed by atoms with Crippen LogP contribution in [0.1, 0.15) is 58.4 Å². The molecule has 202 valence electrons. The molecule has 3 fully saturated rings. The number of nitrogens with one attached hydrogen (secondary N) is 1. The topological polar surface area (TPSA) is 63.7 Å². The van der Waals surface area contributed by atoms with Crippen molar-refractivity contribution >= 4 is 11.5 Å². The molecule has 1 aliphatic carbocycles. The van der Waals surface area contributed by atoms with Crippen LogP contribution in [0.4, 0.5) is 0 Å². The SMILES string of the molecule is Cc1ccc(C(=C2CC3(C2)CN(C)C3)c2ccc([C@@H](C)NC(=O)c3cncc(OCC4COC4)c3)cc2)cc1. The number of hydrogen-bond acceptors (Lipinski definition) is 5. The smallest absolute Gasteiger partial charge is 0.253 e. The molecule has 39 heavy (non-hydrogen) atoms. The van der Waals surface area contributed by atoms with Crippen molar-refractivity contribution in [3.8, 4) is 5.75 Å². The predicted octanol–water partition coefficient (Wildman–Crippen LogP) is 5.43. The van der Waals surface area contributed by atoms with Crippen LogP contribution in [-0.2, 0) is 4.74 Å². The van der Waals surface area contributed by atoms with Gasteiger partial charge in [0.25, 0.3) is 5.91 Å². The van der Waals surface area contributed by atoms with E-state index in [1.807, 2.05) is 6.92 Å². The monoisotopic (exact) mass is 523 g/mol. The summed E-state index contributed by atoms with van der Waals surface area (Å²) in [7, 11) is 2.21. The second-order valence-electron chi connectivity index (χ2n) is 11.8. The van der Waals surface area contributed by atoms with Gasteiger partial charge in [0, 0.05) is 30.6 Å². The fraction of sp³-hybridized carbons (Fsp3) is 0.394. The van der Waals surface area contributed by atoms with Gasteiger partial charge in [0.15, 0.2) is 0 Å². The summed E-state index contributed by atoms with van der Waals surface area (Å²) in [5, 5.41) is 3.12. The number of hydrogen-bond donors (Lipinski definition) is 1. The highest BCUT2D eigenvalue weighted by atomic mass is 16.5. The molecule has 6 nitrogen and oxygen atoms in total. The van der Waals surface area contributed by atoms with Crippen LogP contribution in [0.25, 0.3) is 5.57 Å². The molecule has 1 aromatic heterocycles. The van der Waals surface area contributed by atoms with E-state index in [0.29, 0.717) is 29.3 Å². The molecule has 1 atom stereocenters. The predicted molar refractivity (Wildman–Crippen MR) is 153 cm³/mol. The quantitative estimate of drug-likeness (QED) is 0.426. The minimum atomic E-state index is -0.163. The number of amides is 1. The first-order valence-corrected chi connectivity index (χ1v) is 13.9. The molecular formula is C33H37N3O3. The van der Waals surface area contributed by atoms with Gasteiger partial charge in [0.2, 0.25) is 0 Å². The Labute approximate surface area is 231 Å². The lowest BCUT2D eigenvalue weighted by Crippen LogP contribution is -2.58. The summed E-state index contributed by atoms with van der Waals surface area (Å²) in [5.41, 5.74) is 8.77. The van der Waals surface area contributed by atoms with Crippen LogP contribution in [-0.4, -0.2) is 55.7 Å². The minimum Gasteiger partial charge on any atom is -0.491 e. The van der Waals surface area contributed by atoms with Crippen molar-refractivity contribution < 1.29 is 14.3 Å². The van der Waals surface area contributed by atoms with Crippen molar-refractivity contribution in [3.63, 3.8) is 0 Å². The fourth-order valence-corrected chi connectivity index (χ4v) is 6.17. The maximum Gasteiger partial charge on any atom is 0.253 e. The molecule has 3 aliphatic rings. The highest BCUT2D eigenvalue weighted by Crippen LogP contribution is 2.54. The Kier molecular flexibility index (Phi) is 7.00. The lowest BCUT2D eigenvalue weighted by atomic mass is 9.59. The van der Waals surface area contributed by atoms with E-state index < -0.39 is 0 Å². The molecule has 3 aromatic rings.